The van der Waals surface area contributed by atoms with Crippen molar-refractivity contribution < 1.29 is 52.9 Å². The summed E-state index contributed by atoms with van der Waals surface area (Å²) in [6, 6.07) is 17.3. The minimum Gasteiger partial charge on any atom is -0.481 e. The van der Waals surface area contributed by atoms with Crippen molar-refractivity contribution in [3.05, 3.63) is 66.2 Å². The predicted molar refractivity (Wildman–Crippen MR) is 270 cm³/mol. The Morgan fingerprint density at radius 3 is 1.72 bits per heavy atom. The van der Waals surface area contributed by atoms with Gasteiger partial charge in [-0.05, 0) is 94.2 Å². The van der Waals surface area contributed by atoms with Gasteiger partial charge in [0.25, 0.3) is 0 Å². The summed E-state index contributed by atoms with van der Waals surface area (Å²) in [6.07, 6.45) is 2.40. The maximum absolute atomic E-state index is 14.6. The maximum Gasteiger partial charge on any atom is 0.305 e. The van der Waals surface area contributed by atoms with Crippen LogP contribution in [0.15, 0.2) is 60.7 Å². The highest BCUT2D eigenvalue weighted by molar-refractivity contribution is 7.80. The Kier molecular flexibility index (Phi) is 24.4. The lowest BCUT2D eigenvalue weighted by Crippen LogP contribution is -2.52. The number of hydrogen-bond acceptors (Lipinski definition) is 15. The SMILES string of the molecule is CC(=O)C(CS)NC(=O)CN(CCCCN)C(=O)CN(CCCCN)C(=O)CN(Cc1ccc2c(c1)OCO2)C(=O)CN(CCCCN)C(=O)CN(CCC(=O)O)C(=O)CNc1cccc2ccccc12. The molecular formula is C49H70N10O11S. The van der Waals surface area contributed by atoms with Crippen LogP contribution in [0.2, 0.25) is 0 Å². The zero-order valence-electron chi connectivity index (χ0n) is 40.6. The Balaban J connectivity index is 1.60. The van der Waals surface area contributed by atoms with Crippen LogP contribution < -0.4 is 37.3 Å². The fourth-order valence-electron chi connectivity index (χ4n) is 7.64. The smallest absolute Gasteiger partial charge is 0.305 e. The number of hydrogen-bond donors (Lipinski definition) is 7. The highest BCUT2D eigenvalue weighted by Gasteiger charge is 2.30. The highest BCUT2D eigenvalue weighted by Crippen LogP contribution is 2.33. The molecule has 9 N–H and O–H groups in total. The van der Waals surface area contributed by atoms with Gasteiger partial charge in [0.05, 0.1) is 45.2 Å². The Hall–Kier alpha value is -6.49. The van der Waals surface area contributed by atoms with E-state index in [0.717, 1.165) is 15.7 Å². The number of nitrogens with one attached hydrogen (secondary N) is 2. The molecule has 1 heterocycles. The van der Waals surface area contributed by atoms with Crippen LogP contribution in [-0.4, -0.2) is 180 Å². The van der Waals surface area contributed by atoms with Crippen molar-refractivity contribution >= 4 is 76.3 Å². The lowest BCUT2D eigenvalue weighted by atomic mass is 10.1. The van der Waals surface area contributed by atoms with E-state index < -0.39 is 86.6 Å². The van der Waals surface area contributed by atoms with Gasteiger partial charge >= 0.3 is 5.97 Å². The van der Waals surface area contributed by atoms with E-state index in [9.17, 15) is 43.5 Å². The largest absolute Gasteiger partial charge is 0.481 e. The number of Topliss-reactive ketones (excluding diaryl/α,β-unsaturated/α-hetero) is 1. The van der Waals surface area contributed by atoms with E-state index in [-0.39, 0.29) is 57.6 Å². The van der Waals surface area contributed by atoms with Gasteiger partial charge in [-0.25, -0.2) is 0 Å². The fourth-order valence-corrected chi connectivity index (χ4v) is 7.98. The Morgan fingerprint density at radius 2 is 1.15 bits per heavy atom. The van der Waals surface area contributed by atoms with Gasteiger partial charge in [0.15, 0.2) is 17.3 Å². The monoisotopic (exact) mass is 1010 g/mol. The van der Waals surface area contributed by atoms with Gasteiger partial charge in [-0.1, -0.05) is 42.5 Å². The first-order chi connectivity index (χ1) is 34.2. The number of fused-ring (bicyclic) bond motifs is 2. The number of aliphatic carboxylic acids is 1. The van der Waals surface area contributed by atoms with Crippen molar-refractivity contribution in [1.29, 1.82) is 0 Å². The number of anilines is 1. The van der Waals surface area contributed by atoms with Crippen LogP contribution >= 0.6 is 12.6 Å². The molecule has 1 unspecified atom stereocenters. The fraction of sp³-hybridized carbons (Fsp3) is 0.510. The minimum absolute atomic E-state index is 0.00576. The summed E-state index contributed by atoms with van der Waals surface area (Å²) in [5.41, 5.74) is 18.6. The van der Waals surface area contributed by atoms with Crippen molar-refractivity contribution in [3.8, 4) is 11.5 Å². The number of rotatable bonds is 33. The zero-order valence-corrected chi connectivity index (χ0v) is 41.5. The van der Waals surface area contributed by atoms with Crippen LogP contribution in [0, 0.1) is 0 Å². The zero-order chi connectivity index (χ0) is 51.7. The number of nitrogens with two attached hydrogens (primary N) is 3. The number of unbranched alkanes of at least 4 members (excludes halogenated alkanes) is 3. The summed E-state index contributed by atoms with van der Waals surface area (Å²) in [6.45, 7) is -0.563. The van der Waals surface area contributed by atoms with Crippen molar-refractivity contribution in [2.45, 2.75) is 64.5 Å². The van der Waals surface area contributed by atoms with Gasteiger partial charge in [-0.15, -0.1) is 0 Å². The number of ketones is 1. The molecule has 1 aliphatic heterocycles. The number of amides is 6. The second-order valence-electron chi connectivity index (χ2n) is 17.1. The average Bonchev–Trinajstić information content (AvgIpc) is 3.83. The molecule has 4 rings (SSSR count). The molecule has 22 heteroatoms. The third kappa shape index (κ3) is 19.0. The number of ether oxygens (including phenoxy) is 2. The molecule has 0 spiro atoms. The Morgan fingerprint density at radius 1 is 0.634 bits per heavy atom. The van der Waals surface area contributed by atoms with Crippen molar-refractivity contribution in [2.24, 2.45) is 17.2 Å². The van der Waals surface area contributed by atoms with E-state index in [1.54, 1.807) is 18.2 Å². The van der Waals surface area contributed by atoms with E-state index in [4.69, 9.17) is 26.7 Å². The van der Waals surface area contributed by atoms with Crippen LogP contribution in [0.25, 0.3) is 10.8 Å². The molecule has 3 aromatic rings. The molecule has 0 radical (unpaired) electrons. The van der Waals surface area contributed by atoms with Gasteiger partial charge in [-0.3, -0.25) is 38.4 Å². The van der Waals surface area contributed by atoms with Crippen LogP contribution in [0.4, 0.5) is 5.69 Å². The molecule has 0 saturated carbocycles. The number of carbonyl (C=O) groups excluding carboxylic acids is 7. The molecule has 6 amide bonds. The van der Waals surface area contributed by atoms with E-state index in [1.165, 1.54) is 26.5 Å². The van der Waals surface area contributed by atoms with Crippen LogP contribution in [0.5, 0.6) is 11.5 Å². The lowest BCUT2D eigenvalue weighted by Gasteiger charge is -2.32. The molecule has 71 heavy (non-hydrogen) atoms. The molecule has 1 atom stereocenters. The van der Waals surface area contributed by atoms with E-state index in [2.05, 4.69) is 23.3 Å². The molecule has 0 fully saturated rings. The molecule has 0 aliphatic carbocycles. The first kappa shape index (κ1) is 57.1. The molecule has 0 bridgehead atoms. The van der Waals surface area contributed by atoms with Crippen molar-refractivity contribution in [2.75, 3.05) is 103 Å². The summed E-state index contributed by atoms with van der Waals surface area (Å²) in [4.78, 5) is 114. The second-order valence-corrected chi connectivity index (χ2v) is 17.5. The number of carbonyl (C=O) groups is 8. The predicted octanol–water partition coefficient (Wildman–Crippen LogP) is 1.02. The van der Waals surface area contributed by atoms with Gasteiger partial charge < -0.3 is 66.9 Å². The average molecular weight is 1010 g/mol. The Bertz CT molecular complexity index is 2280. The van der Waals surface area contributed by atoms with E-state index in [1.807, 2.05) is 42.5 Å². The quantitative estimate of drug-likeness (QED) is 0.0331. The summed E-state index contributed by atoms with van der Waals surface area (Å²) in [5.74, 6) is -4.06. The highest BCUT2D eigenvalue weighted by atomic mass is 32.1. The lowest BCUT2D eigenvalue weighted by molar-refractivity contribution is -0.148. The first-order valence-electron chi connectivity index (χ1n) is 23.9. The molecule has 0 aromatic heterocycles. The van der Waals surface area contributed by atoms with Gasteiger partial charge in [-0.2, -0.15) is 12.6 Å². The second kappa shape index (κ2) is 30.3. The van der Waals surface area contributed by atoms with Crippen molar-refractivity contribution in [1.82, 2.24) is 29.8 Å². The summed E-state index contributed by atoms with van der Waals surface area (Å²) in [5, 5.41) is 17.1. The standard InChI is InChI=1S/C49H70N10O11S/c1-35(60)40(33-71)54-43(61)28-55(21-7-4-18-50)45(63)29-56(22-8-5-19-51)47(65)32-59(27-36-15-16-41-42(25-36)70-34-69-41)48(66)31-57(23-9-6-20-52)46(64)30-58(24-17-49(67)68)44(62)26-53-39-14-10-12-37-11-2-3-13-38(37)39/h2-3,10-16,25,40,53,71H,4-9,17-24,26-34,50-52H2,1H3,(H,54,61)(H,67,68). The third-order valence-electron chi connectivity index (χ3n) is 11.7. The van der Waals surface area contributed by atoms with Gasteiger partial charge in [0, 0.05) is 49.6 Å². The van der Waals surface area contributed by atoms with Crippen molar-refractivity contribution in [3.63, 3.8) is 0 Å². The summed E-state index contributed by atoms with van der Waals surface area (Å²) >= 11 is 4.15. The number of carboxylic acids is 1. The van der Waals surface area contributed by atoms with Crippen LogP contribution in [0.3, 0.4) is 0 Å². The topological polar surface area (TPSA) is 294 Å². The number of benzene rings is 3. The number of nitrogens with zero attached hydrogens (tertiary/aromatic N) is 5. The van der Waals surface area contributed by atoms with Crippen LogP contribution in [0.1, 0.15) is 57.4 Å². The van der Waals surface area contributed by atoms with Gasteiger partial charge in [0.1, 0.15) is 6.54 Å². The number of thiol groups is 1. The molecular weight excluding hydrogens is 937 g/mol. The number of carboxylic acid groups (broad SMARTS) is 1. The third-order valence-corrected chi connectivity index (χ3v) is 12.0. The molecule has 1 aliphatic rings. The first-order valence-corrected chi connectivity index (χ1v) is 24.5. The molecule has 0 saturated heterocycles. The molecule has 3 aromatic carbocycles. The van der Waals surface area contributed by atoms with Crippen LogP contribution in [-0.2, 0) is 44.9 Å². The normalized spacial score (nSPS) is 11.9. The van der Waals surface area contributed by atoms with Gasteiger partial charge in [0.2, 0.25) is 42.2 Å². The van der Waals surface area contributed by atoms with E-state index in [0.29, 0.717) is 80.9 Å². The maximum atomic E-state index is 14.6. The molecule has 21 nitrogen and oxygen atoms in total. The van der Waals surface area contributed by atoms with E-state index >= 15 is 0 Å². The molecule has 388 valence electrons. The summed E-state index contributed by atoms with van der Waals surface area (Å²) < 4.78 is 11.1. The summed E-state index contributed by atoms with van der Waals surface area (Å²) in [7, 11) is 0. The minimum atomic E-state index is -1.17. The Labute approximate surface area is 420 Å².